The summed E-state index contributed by atoms with van der Waals surface area (Å²) in [7, 11) is 0. The van der Waals surface area contributed by atoms with Crippen molar-refractivity contribution in [1.82, 2.24) is 16.0 Å². The quantitative estimate of drug-likeness (QED) is 0.471. The Morgan fingerprint density at radius 1 is 1.07 bits per heavy atom. The maximum atomic E-state index is 12.3. The third-order valence-corrected chi connectivity index (χ3v) is 3.84. The van der Waals surface area contributed by atoms with Crippen LogP contribution >= 0.6 is 0 Å². The second-order valence-corrected chi connectivity index (χ2v) is 5.96. The molecule has 9 heteroatoms. The van der Waals surface area contributed by atoms with Crippen molar-refractivity contribution in [2.24, 2.45) is 5.92 Å². The van der Waals surface area contributed by atoms with Crippen LogP contribution in [-0.4, -0.2) is 48.1 Å². The van der Waals surface area contributed by atoms with Gasteiger partial charge >= 0.3 is 12.1 Å². The molecule has 1 aromatic carbocycles. The minimum Gasteiger partial charge on any atom is -0.480 e. The summed E-state index contributed by atoms with van der Waals surface area (Å²) in [5, 5.41) is 15.5. The molecule has 0 aliphatic heterocycles. The minimum atomic E-state index is -1.19. The minimum absolute atomic E-state index is 0.0686. The molecule has 1 rings (SSSR count). The van der Waals surface area contributed by atoms with E-state index >= 15 is 0 Å². The average molecular weight is 379 g/mol. The molecule has 0 aromatic heterocycles. The van der Waals surface area contributed by atoms with E-state index < -0.39 is 36.5 Å². The summed E-state index contributed by atoms with van der Waals surface area (Å²) in [6, 6.07) is 8.22. The monoisotopic (exact) mass is 379 g/mol. The Bertz CT molecular complexity index is 650. The lowest BCUT2D eigenvalue weighted by molar-refractivity contribution is -0.137. The highest BCUT2D eigenvalue weighted by Crippen LogP contribution is 2.09. The number of benzene rings is 1. The first-order valence-corrected chi connectivity index (χ1v) is 8.56. The molecule has 0 radical (unpaired) electrons. The fourth-order valence-corrected chi connectivity index (χ4v) is 2.11. The summed E-state index contributed by atoms with van der Waals surface area (Å²) in [4.78, 5) is 46.2. The zero-order valence-electron chi connectivity index (χ0n) is 15.4. The number of nitrogens with one attached hydrogen (secondary N) is 3. The molecular formula is C18H25N3O6. The second-order valence-electron chi connectivity index (χ2n) is 5.96. The highest BCUT2D eigenvalue weighted by Gasteiger charge is 2.26. The number of hydrogen-bond acceptors (Lipinski definition) is 5. The van der Waals surface area contributed by atoms with Crippen molar-refractivity contribution in [2.45, 2.75) is 32.9 Å². The molecule has 0 heterocycles. The lowest BCUT2D eigenvalue weighted by Gasteiger charge is -2.23. The molecule has 148 valence electrons. The van der Waals surface area contributed by atoms with Crippen molar-refractivity contribution in [3.05, 3.63) is 35.9 Å². The number of ether oxygens (including phenoxy) is 1. The van der Waals surface area contributed by atoms with Gasteiger partial charge in [-0.2, -0.15) is 0 Å². The maximum absolute atomic E-state index is 12.3. The van der Waals surface area contributed by atoms with Gasteiger partial charge in [0.05, 0.1) is 6.54 Å². The molecule has 9 nitrogen and oxygen atoms in total. The van der Waals surface area contributed by atoms with Crippen LogP contribution in [0.1, 0.15) is 25.8 Å². The molecule has 4 N–H and O–H groups in total. The van der Waals surface area contributed by atoms with Crippen molar-refractivity contribution in [3.63, 3.8) is 0 Å². The van der Waals surface area contributed by atoms with Gasteiger partial charge in [0.25, 0.3) is 0 Å². The number of rotatable bonds is 10. The van der Waals surface area contributed by atoms with Gasteiger partial charge in [-0.1, -0.05) is 50.6 Å². The summed E-state index contributed by atoms with van der Waals surface area (Å²) in [5.41, 5.74) is 0.812. The topological polar surface area (TPSA) is 134 Å². The molecule has 0 saturated carbocycles. The molecule has 0 saturated heterocycles. The van der Waals surface area contributed by atoms with Gasteiger partial charge in [-0.3, -0.25) is 14.4 Å². The summed E-state index contributed by atoms with van der Waals surface area (Å²) in [6.07, 6.45) is -0.128. The first kappa shape index (κ1) is 21.9. The summed E-state index contributed by atoms with van der Waals surface area (Å²) in [5.74, 6) is -2.57. The predicted molar refractivity (Wildman–Crippen MR) is 96.7 cm³/mol. The van der Waals surface area contributed by atoms with Gasteiger partial charge in [0.1, 0.15) is 19.2 Å². The van der Waals surface area contributed by atoms with Crippen molar-refractivity contribution in [2.75, 3.05) is 13.1 Å². The number of carbonyl (C=O) groups is 4. The van der Waals surface area contributed by atoms with Gasteiger partial charge in [-0.15, -0.1) is 0 Å². The zero-order chi connectivity index (χ0) is 20.2. The molecule has 0 fully saturated rings. The fraction of sp³-hybridized carbons (Fsp3) is 0.444. The largest absolute Gasteiger partial charge is 0.480 e. The molecule has 3 amide bonds. The van der Waals surface area contributed by atoms with Crippen LogP contribution in [-0.2, 0) is 25.7 Å². The van der Waals surface area contributed by atoms with Gasteiger partial charge in [-0.05, 0) is 11.5 Å². The van der Waals surface area contributed by atoms with Gasteiger partial charge in [0.2, 0.25) is 11.8 Å². The van der Waals surface area contributed by atoms with E-state index in [1.165, 1.54) is 0 Å². The van der Waals surface area contributed by atoms with E-state index in [0.717, 1.165) is 5.56 Å². The predicted octanol–water partition coefficient (Wildman–Crippen LogP) is 0.645. The smallest absolute Gasteiger partial charge is 0.408 e. The van der Waals surface area contributed by atoms with Crippen LogP contribution < -0.4 is 16.0 Å². The Balaban J connectivity index is 2.53. The lowest BCUT2D eigenvalue weighted by Crippen LogP contribution is -2.52. The Labute approximate surface area is 157 Å². The van der Waals surface area contributed by atoms with E-state index in [0.29, 0.717) is 6.42 Å². The number of aliphatic carboxylic acids is 1. The van der Waals surface area contributed by atoms with E-state index in [4.69, 9.17) is 9.84 Å². The van der Waals surface area contributed by atoms with Gasteiger partial charge < -0.3 is 25.8 Å². The number of carbonyl (C=O) groups excluding carboxylic acids is 3. The van der Waals surface area contributed by atoms with Crippen molar-refractivity contribution in [3.8, 4) is 0 Å². The van der Waals surface area contributed by atoms with Crippen LogP contribution in [0, 0.1) is 5.92 Å². The van der Waals surface area contributed by atoms with E-state index in [1.807, 2.05) is 37.3 Å². The third-order valence-electron chi connectivity index (χ3n) is 3.84. The molecule has 2 atom stereocenters. The lowest BCUT2D eigenvalue weighted by atomic mass is 9.98. The standard InChI is InChI=1S/C18H25N3O6/c1-3-12(2)16(17(25)20-9-14(22)19-10-15(23)24)21-18(26)27-11-13-7-5-4-6-8-13/h4-8,12,16H,3,9-11H2,1-2H3,(H,19,22)(H,20,25)(H,21,26)(H,23,24)/t12?,16-/m1/s1. The number of carboxylic acid groups (broad SMARTS) is 1. The molecule has 27 heavy (non-hydrogen) atoms. The number of alkyl carbamates (subject to hydrolysis) is 1. The summed E-state index contributed by atoms with van der Waals surface area (Å²) in [6.45, 7) is 2.79. The van der Waals surface area contributed by atoms with E-state index in [9.17, 15) is 19.2 Å². The van der Waals surface area contributed by atoms with Crippen molar-refractivity contribution in [1.29, 1.82) is 0 Å². The number of hydrogen-bond donors (Lipinski definition) is 4. The van der Waals surface area contributed by atoms with E-state index in [1.54, 1.807) is 6.92 Å². The molecule has 0 bridgehead atoms. The first-order valence-electron chi connectivity index (χ1n) is 8.56. The fourth-order valence-electron chi connectivity index (χ4n) is 2.11. The van der Waals surface area contributed by atoms with Crippen LogP contribution in [0.5, 0.6) is 0 Å². The second kappa shape index (κ2) is 11.5. The molecule has 0 aliphatic rings. The Morgan fingerprint density at radius 2 is 1.74 bits per heavy atom. The van der Waals surface area contributed by atoms with Crippen LogP contribution in [0.3, 0.4) is 0 Å². The summed E-state index contributed by atoms with van der Waals surface area (Å²) >= 11 is 0. The zero-order valence-corrected chi connectivity index (χ0v) is 15.4. The number of amides is 3. The van der Waals surface area contributed by atoms with Crippen LogP contribution in [0.4, 0.5) is 4.79 Å². The van der Waals surface area contributed by atoms with E-state index in [2.05, 4.69) is 16.0 Å². The normalized spacial score (nSPS) is 12.4. The van der Waals surface area contributed by atoms with Crippen LogP contribution in [0.15, 0.2) is 30.3 Å². The highest BCUT2D eigenvalue weighted by molar-refractivity contribution is 5.90. The molecule has 0 aliphatic carbocycles. The molecule has 0 spiro atoms. The van der Waals surface area contributed by atoms with Crippen molar-refractivity contribution >= 4 is 23.9 Å². The molecule has 1 aromatic rings. The Morgan fingerprint density at radius 3 is 2.33 bits per heavy atom. The SMILES string of the molecule is CCC(C)[C@@H](NC(=O)OCc1ccccc1)C(=O)NCC(=O)NCC(=O)O. The maximum Gasteiger partial charge on any atom is 0.408 e. The van der Waals surface area contributed by atoms with Crippen LogP contribution in [0.2, 0.25) is 0 Å². The third kappa shape index (κ3) is 8.70. The number of carboxylic acids is 1. The Kier molecular flexibility index (Phi) is 9.35. The van der Waals surface area contributed by atoms with Gasteiger partial charge in [0.15, 0.2) is 0 Å². The van der Waals surface area contributed by atoms with E-state index in [-0.39, 0.29) is 19.1 Å². The molecule has 1 unspecified atom stereocenters. The Hall–Kier alpha value is -3.10. The van der Waals surface area contributed by atoms with Crippen LogP contribution in [0.25, 0.3) is 0 Å². The highest BCUT2D eigenvalue weighted by atomic mass is 16.5. The average Bonchev–Trinajstić information content (AvgIpc) is 2.67. The van der Waals surface area contributed by atoms with Crippen molar-refractivity contribution < 1.29 is 29.0 Å². The summed E-state index contributed by atoms with van der Waals surface area (Å²) < 4.78 is 5.12. The van der Waals surface area contributed by atoms with Gasteiger partial charge in [-0.25, -0.2) is 4.79 Å². The van der Waals surface area contributed by atoms with Gasteiger partial charge in [0, 0.05) is 0 Å². The first-order chi connectivity index (χ1) is 12.8. The molecular weight excluding hydrogens is 354 g/mol.